The van der Waals surface area contributed by atoms with E-state index in [4.69, 9.17) is 9.79 Å². The van der Waals surface area contributed by atoms with Crippen LogP contribution in [0.4, 0.5) is 0 Å². The lowest BCUT2D eigenvalue weighted by Gasteiger charge is -2.30. The number of nitrogens with zero attached hydrogens (tertiary/aromatic N) is 1. The average molecular weight is 298 g/mol. The molecule has 8 heteroatoms. The van der Waals surface area contributed by atoms with Crippen molar-refractivity contribution in [3.8, 4) is 0 Å². The molecule has 0 fully saturated rings. The molecule has 0 aliphatic rings. The molecule has 0 aromatic carbocycles. The maximum Gasteiger partial charge on any atom is 0.474 e. The van der Waals surface area contributed by atoms with Crippen LogP contribution in [0.1, 0.15) is 20.8 Å². The molecule has 0 saturated carbocycles. The van der Waals surface area contributed by atoms with Gasteiger partial charge >= 0.3 is 13.8 Å². The van der Waals surface area contributed by atoms with E-state index in [1.54, 1.807) is 41.9 Å². The maximum absolute atomic E-state index is 10.4. The standard InChI is InChI=1S/C6H10O2.C5H14NO4P/c1-4-8-6(7)5(2)3;1-5(6(2,3)4)10-11(7,8)9/h2,4H2,1,3H3;5H,1-4H3,(H-,7,8,9)/p+1. The van der Waals surface area contributed by atoms with Gasteiger partial charge in [-0.1, -0.05) is 6.58 Å². The third kappa shape index (κ3) is 13.5. The topological polar surface area (TPSA) is 93.1 Å². The molecule has 114 valence electrons. The van der Waals surface area contributed by atoms with Crippen molar-refractivity contribution in [2.24, 2.45) is 0 Å². The minimum atomic E-state index is -4.33. The number of carbonyl (C=O) groups is 1. The van der Waals surface area contributed by atoms with Crippen LogP contribution in [0.2, 0.25) is 0 Å². The Morgan fingerprint density at radius 2 is 1.79 bits per heavy atom. The Morgan fingerprint density at radius 1 is 1.37 bits per heavy atom. The second-order valence-electron chi connectivity index (χ2n) is 4.81. The Morgan fingerprint density at radius 3 is 1.89 bits per heavy atom. The third-order valence-corrected chi connectivity index (χ3v) is 2.58. The highest BCUT2D eigenvalue weighted by Gasteiger charge is 2.27. The first kappa shape index (κ1) is 20.6. The van der Waals surface area contributed by atoms with Crippen molar-refractivity contribution in [1.82, 2.24) is 0 Å². The molecule has 0 bridgehead atoms. The lowest BCUT2D eigenvalue weighted by atomic mass is 10.4. The number of esters is 1. The molecular formula is C11H25NO6P+. The summed E-state index contributed by atoms with van der Waals surface area (Å²) in [6.07, 6.45) is -0.518. The molecule has 19 heavy (non-hydrogen) atoms. The Labute approximate surface area is 114 Å². The highest BCUT2D eigenvalue weighted by atomic mass is 31.2. The van der Waals surface area contributed by atoms with Gasteiger partial charge in [-0.15, -0.1) is 0 Å². The van der Waals surface area contributed by atoms with Crippen LogP contribution in [0.3, 0.4) is 0 Å². The van der Waals surface area contributed by atoms with Crippen LogP contribution in [0.15, 0.2) is 12.2 Å². The zero-order chi connectivity index (χ0) is 15.9. The number of quaternary nitrogens is 1. The monoisotopic (exact) mass is 298 g/mol. The first-order chi connectivity index (χ1) is 8.31. The van der Waals surface area contributed by atoms with Crippen LogP contribution in [0, 0.1) is 0 Å². The summed E-state index contributed by atoms with van der Waals surface area (Å²) >= 11 is 0. The Kier molecular flexibility index (Phi) is 9.16. The fourth-order valence-corrected chi connectivity index (χ4v) is 1.27. The van der Waals surface area contributed by atoms with E-state index in [0.29, 0.717) is 16.7 Å². The van der Waals surface area contributed by atoms with E-state index >= 15 is 0 Å². The first-order valence-electron chi connectivity index (χ1n) is 5.69. The summed E-state index contributed by atoms with van der Waals surface area (Å²) in [5, 5.41) is 0. The number of hydrogen-bond acceptors (Lipinski definition) is 4. The molecule has 0 radical (unpaired) electrons. The highest BCUT2D eigenvalue weighted by Crippen LogP contribution is 2.38. The molecule has 0 spiro atoms. The molecule has 0 aliphatic carbocycles. The van der Waals surface area contributed by atoms with Gasteiger partial charge < -0.3 is 19.0 Å². The molecule has 0 saturated heterocycles. The minimum absolute atomic E-state index is 0.312. The summed E-state index contributed by atoms with van der Waals surface area (Å²) in [4.78, 5) is 27.3. The van der Waals surface area contributed by atoms with Gasteiger partial charge in [0.05, 0.1) is 27.7 Å². The average Bonchev–Trinajstić information content (AvgIpc) is 2.14. The minimum Gasteiger partial charge on any atom is -0.463 e. The van der Waals surface area contributed by atoms with Crippen LogP contribution in [0.25, 0.3) is 0 Å². The lowest BCUT2D eigenvalue weighted by Crippen LogP contribution is -2.44. The van der Waals surface area contributed by atoms with Crippen molar-refractivity contribution < 1.29 is 32.9 Å². The van der Waals surface area contributed by atoms with Gasteiger partial charge in [0.25, 0.3) is 0 Å². The van der Waals surface area contributed by atoms with E-state index < -0.39 is 14.1 Å². The van der Waals surface area contributed by atoms with E-state index in [1.807, 2.05) is 0 Å². The van der Waals surface area contributed by atoms with Crippen molar-refractivity contribution in [2.45, 2.75) is 27.0 Å². The van der Waals surface area contributed by atoms with Gasteiger partial charge in [0.15, 0.2) is 0 Å². The van der Waals surface area contributed by atoms with Gasteiger partial charge in [-0.3, -0.25) is 0 Å². The van der Waals surface area contributed by atoms with Crippen molar-refractivity contribution in [3.63, 3.8) is 0 Å². The summed E-state index contributed by atoms with van der Waals surface area (Å²) in [7, 11) is 1.04. The Hall–Kier alpha value is -0.720. The van der Waals surface area contributed by atoms with Gasteiger partial charge in [-0.25, -0.2) is 13.9 Å². The molecule has 0 aliphatic heterocycles. The zero-order valence-corrected chi connectivity index (χ0v) is 13.3. The van der Waals surface area contributed by atoms with Gasteiger partial charge in [-0.2, -0.15) is 0 Å². The van der Waals surface area contributed by atoms with Crippen LogP contribution in [0.5, 0.6) is 0 Å². The number of rotatable bonds is 5. The highest BCUT2D eigenvalue weighted by molar-refractivity contribution is 7.46. The van der Waals surface area contributed by atoms with Gasteiger partial charge in [-0.05, 0) is 13.8 Å². The molecule has 7 nitrogen and oxygen atoms in total. The summed E-state index contributed by atoms with van der Waals surface area (Å²) < 4.78 is 19.7. The number of hydrogen-bond donors (Lipinski definition) is 2. The zero-order valence-electron chi connectivity index (χ0n) is 12.4. The number of ether oxygens (including phenoxy) is 1. The molecule has 0 rings (SSSR count). The number of carbonyl (C=O) groups excluding carboxylic acids is 1. The summed E-state index contributed by atoms with van der Waals surface area (Å²) in [6, 6.07) is 0. The molecule has 0 aromatic heterocycles. The number of phosphoric acid groups is 1. The van der Waals surface area contributed by atoms with Crippen LogP contribution in [-0.4, -0.2) is 54.2 Å². The van der Waals surface area contributed by atoms with E-state index in [2.05, 4.69) is 15.8 Å². The summed E-state index contributed by atoms with van der Waals surface area (Å²) in [5.41, 5.74) is 0.451. The van der Waals surface area contributed by atoms with Crippen molar-refractivity contribution in [2.75, 3.05) is 27.7 Å². The molecule has 0 aromatic rings. The van der Waals surface area contributed by atoms with E-state index in [1.165, 1.54) is 0 Å². The number of phosphoric ester groups is 1. The van der Waals surface area contributed by atoms with Gasteiger partial charge in [0.2, 0.25) is 6.23 Å². The molecule has 0 heterocycles. The predicted octanol–water partition coefficient (Wildman–Crippen LogP) is 1.27. The van der Waals surface area contributed by atoms with E-state index in [0.717, 1.165) is 0 Å². The first-order valence-corrected chi connectivity index (χ1v) is 7.22. The van der Waals surface area contributed by atoms with Crippen molar-refractivity contribution >= 4 is 13.8 Å². The second kappa shape index (κ2) is 8.45. The predicted molar refractivity (Wildman–Crippen MR) is 72.1 cm³/mol. The molecule has 2 N–H and O–H groups in total. The second-order valence-corrected chi connectivity index (χ2v) is 6.00. The van der Waals surface area contributed by atoms with E-state index in [9.17, 15) is 9.36 Å². The fourth-order valence-electron chi connectivity index (χ4n) is 0.594. The Bertz CT molecular complexity index is 344. The fraction of sp³-hybridized carbons (Fsp3) is 0.727. The van der Waals surface area contributed by atoms with Gasteiger partial charge in [0, 0.05) is 12.5 Å². The quantitative estimate of drug-likeness (QED) is 0.261. The third-order valence-electron chi connectivity index (χ3n) is 2.00. The molecular weight excluding hydrogens is 273 g/mol. The van der Waals surface area contributed by atoms with Crippen LogP contribution < -0.4 is 0 Å². The largest absolute Gasteiger partial charge is 0.474 e. The maximum atomic E-state index is 10.4. The molecule has 0 amide bonds. The summed E-state index contributed by atoms with van der Waals surface area (Å²) in [6.45, 7) is 8.82. The smallest absolute Gasteiger partial charge is 0.463 e. The molecule has 1 atom stereocenters. The Balaban J connectivity index is 0. The van der Waals surface area contributed by atoms with Crippen molar-refractivity contribution in [1.29, 1.82) is 0 Å². The normalized spacial score (nSPS) is 13.1. The van der Waals surface area contributed by atoms with E-state index in [-0.39, 0.29) is 5.97 Å². The van der Waals surface area contributed by atoms with Crippen LogP contribution >= 0.6 is 7.82 Å². The summed E-state index contributed by atoms with van der Waals surface area (Å²) in [5.74, 6) is -0.312. The molecule has 1 unspecified atom stereocenters. The van der Waals surface area contributed by atoms with Gasteiger partial charge in [0.1, 0.15) is 0 Å². The lowest BCUT2D eigenvalue weighted by molar-refractivity contribution is -0.913. The van der Waals surface area contributed by atoms with Crippen molar-refractivity contribution in [3.05, 3.63) is 12.2 Å². The van der Waals surface area contributed by atoms with Crippen LogP contribution in [-0.2, 0) is 18.6 Å². The SMILES string of the molecule is C=C(C)C(=O)OCC.CC(OP(=O)(O)O)[N+](C)(C)C.